The maximum Gasteiger partial charge on any atom is 0.237 e. The Morgan fingerprint density at radius 1 is 1.18 bits per heavy atom. The van der Waals surface area contributed by atoms with Gasteiger partial charge in [0.2, 0.25) is 15.9 Å². The van der Waals surface area contributed by atoms with Gasteiger partial charge >= 0.3 is 0 Å². The number of hydrogen-bond acceptors (Lipinski definition) is 3. The highest BCUT2D eigenvalue weighted by molar-refractivity contribution is 7.89. The summed E-state index contributed by atoms with van der Waals surface area (Å²) >= 11 is 0. The third-order valence-corrected chi connectivity index (χ3v) is 3.08. The summed E-state index contributed by atoms with van der Waals surface area (Å²) in [7, 11) is -3.48. The van der Waals surface area contributed by atoms with E-state index >= 15 is 0 Å². The van der Waals surface area contributed by atoms with Crippen molar-refractivity contribution in [2.45, 2.75) is 27.2 Å². The van der Waals surface area contributed by atoms with Gasteiger partial charge in [-0.1, -0.05) is 17.7 Å². The van der Waals surface area contributed by atoms with Crippen molar-refractivity contribution in [1.29, 1.82) is 0 Å². The molecule has 4 nitrogen and oxygen atoms in total. The van der Waals surface area contributed by atoms with Crippen LogP contribution >= 0.6 is 0 Å². The summed E-state index contributed by atoms with van der Waals surface area (Å²) in [4.78, 5) is 11.5. The lowest BCUT2D eigenvalue weighted by atomic mass is 9.97. The van der Waals surface area contributed by atoms with E-state index in [1.165, 1.54) is 0 Å². The molecular formula is C12H17NO3S. The first-order valence-electron chi connectivity index (χ1n) is 5.26. The first kappa shape index (κ1) is 13.7. The lowest BCUT2D eigenvalue weighted by Crippen LogP contribution is -2.31. The number of carbonyl (C=O) groups is 1. The van der Waals surface area contributed by atoms with E-state index in [1.54, 1.807) is 0 Å². The van der Waals surface area contributed by atoms with Gasteiger partial charge in [0, 0.05) is 0 Å². The minimum Gasteiger partial charge on any atom is -0.274 e. The fraction of sp³-hybridized carbons (Fsp3) is 0.417. The maximum atomic E-state index is 11.5. The molecule has 0 heterocycles. The number of carbonyl (C=O) groups excluding carboxylic acids is 1. The third-order valence-electron chi connectivity index (χ3n) is 2.48. The number of sulfonamides is 1. The molecule has 0 unspecified atom stereocenters. The Morgan fingerprint density at radius 2 is 1.65 bits per heavy atom. The van der Waals surface area contributed by atoms with E-state index in [-0.39, 0.29) is 6.42 Å². The van der Waals surface area contributed by atoms with Crippen LogP contribution in [0.3, 0.4) is 0 Å². The zero-order valence-corrected chi connectivity index (χ0v) is 11.3. The van der Waals surface area contributed by atoms with Crippen molar-refractivity contribution >= 4 is 15.9 Å². The molecule has 0 bridgehead atoms. The zero-order chi connectivity index (χ0) is 13.2. The van der Waals surface area contributed by atoms with Gasteiger partial charge in [0.1, 0.15) is 0 Å². The van der Waals surface area contributed by atoms with Gasteiger partial charge in [0.05, 0.1) is 12.7 Å². The lowest BCUT2D eigenvalue weighted by molar-refractivity contribution is -0.118. The second-order valence-electron chi connectivity index (χ2n) is 4.35. The van der Waals surface area contributed by atoms with E-state index < -0.39 is 15.9 Å². The molecule has 1 rings (SSSR count). The van der Waals surface area contributed by atoms with Gasteiger partial charge in [0.25, 0.3) is 0 Å². The van der Waals surface area contributed by atoms with Crippen molar-refractivity contribution in [3.63, 3.8) is 0 Å². The number of hydrogen-bond donors (Lipinski definition) is 1. The van der Waals surface area contributed by atoms with Crippen molar-refractivity contribution in [2.24, 2.45) is 0 Å². The maximum absolute atomic E-state index is 11.5. The topological polar surface area (TPSA) is 63.2 Å². The van der Waals surface area contributed by atoms with E-state index in [2.05, 4.69) is 0 Å². The molecule has 0 aromatic heterocycles. The number of rotatable bonds is 3. The minimum atomic E-state index is -3.48. The highest BCUT2D eigenvalue weighted by atomic mass is 32.2. The highest BCUT2D eigenvalue weighted by Crippen LogP contribution is 2.16. The Kier molecular flexibility index (Phi) is 3.93. The monoisotopic (exact) mass is 255 g/mol. The summed E-state index contributed by atoms with van der Waals surface area (Å²) in [6.07, 6.45) is 1.06. The molecule has 17 heavy (non-hydrogen) atoms. The van der Waals surface area contributed by atoms with Crippen LogP contribution in [0.1, 0.15) is 22.3 Å². The highest BCUT2D eigenvalue weighted by Gasteiger charge is 2.12. The summed E-state index contributed by atoms with van der Waals surface area (Å²) in [5.41, 5.74) is 4.03. The molecule has 0 aliphatic rings. The number of nitrogens with one attached hydrogen (secondary N) is 1. The summed E-state index contributed by atoms with van der Waals surface area (Å²) in [6.45, 7) is 5.83. The van der Waals surface area contributed by atoms with Crippen LogP contribution in [0.25, 0.3) is 0 Å². The first-order chi connectivity index (χ1) is 7.69. The van der Waals surface area contributed by atoms with E-state index in [0.29, 0.717) is 0 Å². The summed E-state index contributed by atoms with van der Waals surface area (Å²) in [6, 6.07) is 3.96. The van der Waals surface area contributed by atoms with Gasteiger partial charge in [-0.05, 0) is 37.5 Å². The quantitative estimate of drug-likeness (QED) is 0.883. The van der Waals surface area contributed by atoms with E-state index in [4.69, 9.17) is 0 Å². The fourth-order valence-electron chi connectivity index (χ4n) is 1.89. The average Bonchev–Trinajstić information content (AvgIpc) is 2.08. The largest absolute Gasteiger partial charge is 0.274 e. The summed E-state index contributed by atoms with van der Waals surface area (Å²) in [5, 5.41) is 0. The fourth-order valence-corrected chi connectivity index (χ4v) is 2.38. The Balaban J connectivity index is 2.93. The molecule has 1 N–H and O–H groups in total. The summed E-state index contributed by atoms with van der Waals surface area (Å²) in [5.74, 6) is -0.498. The molecule has 0 radical (unpaired) electrons. The predicted octanol–water partition coefficient (Wildman–Crippen LogP) is 1.23. The predicted molar refractivity (Wildman–Crippen MR) is 67.3 cm³/mol. The van der Waals surface area contributed by atoms with E-state index in [1.807, 2.05) is 37.6 Å². The molecule has 1 aromatic carbocycles. The van der Waals surface area contributed by atoms with Gasteiger partial charge in [-0.2, -0.15) is 0 Å². The van der Waals surface area contributed by atoms with Crippen LogP contribution in [0.15, 0.2) is 12.1 Å². The molecule has 0 fully saturated rings. The number of amides is 1. The molecule has 0 aliphatic heterocycles. The SMILES string of the molecule is Cc1cc(C)c(CC(=O)NS(C)(=O)=O)c(C)c1. The van der Waals surface area contributed by atoms with Gasteiger partial charge in [-0.3, -0.25) is 9.52 Å². The third kappa shape index (κ3) is 4.19. The number of aryl methyl sites for hydroxylation is 3. The van der Waals surface area contributed by atoms with E-state index in [0.717, 1.165) is 28.5 Å². The minimum absolute atomic E-state index is 0.0883. The van der Waals surface area contributed by atoms with E-state index in [9.17, 15) is 13.2 Å². The Labute approximate surface area is 102 Å². The van der Waals surface area contributed by atoms with Gasteiger partial charge in [-0.15, -0.1) is 0 Å². The van der Waals surface area contributed by atoms with Crippen LogP contribution in [0, 0.1) is 20.8 Å². The Morgan fingerprint density at radius 3 is 2.06 bits per heavy atom. The molecule has 0 saturated carbocycles. The molecule has 1 amide bonds. The molecule has 5 heteroatoms. The molecule has 0 spiro atoms. The molecule has 0 atom stereocenters. The standard InChI is InChI=1S/C12H17NO3S/c1-8-5-9(2)11(10(3)6-8)7-12(14)13-17(4,15)16/h5-6H,7H2,1-4H3,(H,13,14). The van der Waals surface area contributed by atoms with Crippen LogP contribution in [-0.4, -0.2) is 20.6 Å². The van der Waals surface area contributed by atoms with Gasteiger partial charge < -0.3 is 0 Å². The van der Waals surface area contributed by atoms with Crippen LogP contribution in [-0.2, 0) is 21.2 Å². The second kappa shape index (κ2) is 4.87. The molecule has 94 valence electrons. The van der Waals surface area contributed by atoms with Crippen molar-refractivity contribution < 1.29 is 13.2 Å². The molecule has 1 aromatic rings. The molecule has 0 saturated heterocycles. The number of benzene rings is 1. The van der Waals surface area contributed by atoms with Crippen LogP contribution in [0.5, 0.6) is 0 Å². The second-order valence-corrected chi connectivity index (χ2v) is 6.10. The zero-order valence-electron chi connectivity index (χ0n) is 10.5. The smallest absolute Gasteiger partial charge is 0.237 e. The van der Waals surface area contributed by atoms with Crippen LogP contribution < -0.4 is 4.72 Å². The lowest BCUT2D eigenvalue weighted by Gasteiger charge is -2.10. The first-order valence-corrected chi connectivity index (χ1v) is 7.15. The van der Waals surface area contributed by atoms with Crippen LogP contribution in [0.4, 0.5) is 0 Å². The van der Waals surface area contributed by atoms with Gasteiger partial charge in [-0.25, -0.2) is 8.42 Å². The average molecular weight is 255 g/mol. The Bertz CT molecular complexity index is 524. The normalized spacial score (nSPS) is 11.3. The Hall–Kier alpha value is -1.36. The van der Waals surface area contributed by atoms with Crippen molar-refractivity contribution in [3.05, 3.63) is 34.4 Å². The molecular weight excluding hydrogens is 238 g/mol. The summed E-state index contributed by atoms with van der Waals surface area (Å²) < 4.78 is 23.8. The van der Waals surface area contributed by atoms with Gasteiger partial charge in [0.15, 0.2) is 0 Å². The van der Waals surface area contributed by atoms with Crippen molar-refractivity contribution in [2.75, 3.05) is 6.26 Å². The van der Waals surface area contributed by atoms with Crippen LogP contribution in [0.2, 0.25) is 0 Å². The van der Waals surface area contributed by atoms with Crippen molar-refractivity contribution in [1.82, 2.24) is 4.72 Å². The van der Waals surface area contributed by atoms with Crippen molar-refractivity contribution in [3.8, 4) is 0 Å². The molecule has 0 aliphatic carbocycles.